The summed E-state index contributed by atoms with van der Waals surface area (Å²) in [5, 5.41) is 0. The lowest BCUT2D eigenvalue weighted by Gasteiger charge is -2.30. The molecule has 0 aliphatic carbocycles. The number of aryl methyl sites for hydroxylation is 1. The lowest BCUT2D eigenvalue weighted by atomic mass is 10.1. The van der Waals surface area contributed by atoms with E-state index in [2.05, 4.69) is 57.7 Å². The lowest BCUT2D eigenvalue weighted by molar-refractivity contribution is 0.551. The molecule has 0 atom stereocenters. The molecule has 0 bridgehead atoms. The number of nitrogens with zero attached hydrogens (tertiary/aromatic N) is 1. The monoisotopic (exact) mass is 248 g/mol. The number of rotatable bonds is 6. The van der Waals surface area contributed by atoms with Gasteiger partial charge < -0.3 is 10.6 Å². The fraction of sp³-hybridized carbons (Fsp3) is 0.625. The zero-order valence-corrected chi connectivity index (χ0v) is 12.5. The van der Waals surface area contributed by atoms with Crippen molar-refractivity contribution in [2.75, 3.05) is 18.0 Å². The molecule has 1 aromatic carbocycles. The van der Waals surface area contributed by atoms with Crippen LogP contribution in [-0.2, 0) is 6.54 Å². The van der Waals surface area contributed by atoms with Gasteiger partial charge in [0.15, 0.2) is 0 Å². The van der Waals surface area contributed by atoms with Crippen LogP contribution in [0.1, 0.15) is 38.8 Å². The van der Waals surface area contributed by atoms with Crippen LogP contribution in [-0.4, -0.2) is 13.1 Å². The fourth-order valence-corrected chi connectivity index (χ4v) is 2.29. The molecule has 0 spiro atoms. The van der Waals surface area contributed by atoms with Crippen LogP contribution in [0, 0.1) is 18.8 Å². The molecule has 0 unspecified atom stereocenters. The first-order valence-corrected chi connectivity index (χ1v) is 6.98. The molecule has 2 N–H and O–H groups in total. The van der Waals surface area contributed by atoms with Gasteiger partial charge in [-0.3, -0.25) is 0 Å². The van der Waals surface area contributed by atoms with E-state index < -0.39 is 0 Å². The largest absolute Gasteiger partial charge is 0.371 e. The van der Waals surface area contributed by atoms with Crippen molar-refractivity contribution in [3.63, 3.8) is 0 Å². The molecule has 2 heteroatoms. The van der Waals surface area contributed by atoms with Gasteiger partial charge in [-0.25, -0.2) is 0 Å². The zero-order chi connectivity index (χ0) is 13.7. The molecule has 102 valence electrons. The third-order valence-corrected chi connectivity index (χ3v) is 2.97. The first kappa shape index (κ1) is 15.0. The summed E-state index contributed by atoms with van der Waals surface area (Å²) in [5.41, 5.74) is 9.75. The predicted molar refractivity (Wildman–Crippen MR) is 81.0 cm³/mol. The molecule has 0 saturated heterocycles. The number of anilines is 1. The normalized spacial score (nSPS) is 11.3. The SMILES string of the molecule is Cc1ccc(CN)c(N(CC(C)C)CC(C)C)c1. The summed E-state index contributed by atoms with van der Waals surface area (Å²) in [6, 6.07) is 6.58. The van der Waals surface area contributed by atoms with Gasteiger partial charge in [-0.1, -0.05) is 39.8 Å². The molecule has 1 aromatic rings. The van der Waals surface area contributed by atoms with Crippen molar-refractivity contribution in [3.05, 3.63) is 29.3 Å². The topological polar surface area (TPSA) is 29.3 Å². The van der Waals surface area contributed by atoms with E-state index in [0.29, 0.717) is 18.4 Å². The quantitative estimate of drug-likeness (QED) is 0.834. The van der Waals surface area contributed by atoms with E-state index in [9.17, 15) is 0 Å². The highest BCUT2D eigenvalue weighted by Crippen LogP contribution is 2.24. The van der Waals surface area contributed by atoms with E-state index in [4.69, 9.17) is 5.73 Å². The Bertz CT molecular complexity index is 359. The molecule has 0 heterocycles. The summed E-state index contributed by atoms with van der Waals surface area (Å²) >= 11 is 0. The first-order valence-electron chi connectivity index (χ1n) is 6.98. The molecule has 0 amide bonds. The van der Waals surface area contributed by atoms with Crippen LogP contribution in [0.2, 0.25) is 0 Å². The average Bonchev–Trinajstić information content (AvgIpc) is 2.26. The maximum absolute atomic E-state index is 5.87. The van der Waals surface area contributed by atoms with Gasteiger partial charge in [0.25, 0.3) is 0 Å². The number of hydrogen-bond acceptors (Lipinski definition) is 2. The second kappa shape index (κ2) is 6.79. The fourth-order valence-electron chi connectivity index (χ4n) is 2.29. The maximum Gasteiger partial charge on any atom is 0.0414 e. The highest BCUT2D eigenvalue weighted by atomic mass is 15.1. The Morgan fingerprint density at radius 3 is 2.06 bits per heavy atom. The Hall–Kier alpha value is -1.02. The molecule has 1 rings (SSSR count). The Labute approximate surface area is 112 Å². The van der Waals surface area contributed by atoms with E-state index in [0.717, 1.165) is 13.1 Å². The van der Waals surface area contributed by atoms with Gasteiger partial charge in [-0.15, -0.1) is 0 Å². The van der Waals surface area contributed by atoms with Crippen molar-refractivity contribution in [1.82, 2.24) is 0 Å². The highest BCUT2D eigenvalue weighted by Gasteiger charge is 2.13. The summed E-state index contributed by atoms with van der Waals surface area (Å²) in [5.74, 6) is 1.32. The van der Waals surface area contributed by atoms with Crippen LogP contribution in [0.25, 0.3) is 0 Å². The number of benzene rings is 1. The van der Waals surface area contributed by atoms with E-state index in [1.54, 1.807) is 0 Å². The van der Waals surface area contributed by atoms with Crippen molar-refractivity contribution in [2.24, 2.45) is 17.6 Å². The van der Waals surface area contributed by atoms with E-state index in [1.165, 1.54) is 16.8 Å². The maximum atomic E-state index is 5.87. The van der Waals surface area contributed by atoms with Crippen LogP contribution in [0.5, 0.6) is 0 Å². The van der Waals surface area contributed by atoms with Gasteiger partial charge >= 0.3 is 0 Å². The summed E-state index contributed by atoms with van der Waals surface area (Å²) in [4.78, 5) is 2.49. The van der Waals surface area contributed by atoms with Crippen LogP contribution in [0.3, 0.4) is 0 Å². The molecule has 2 nitrogen and oxygen atoms in total. The minimum atomic E-state index is 0.613. The third kappa shape index (κ3) is 4.34. The van der Waals surface area contributed by atoms with E-state index in [1.807, 2.05) is 0 Å². The lowest BCUT2D eigenvalue weighted by Crippen LogP contribution is -2.32. The first-order chi connectivity index (χ1) is 8.43. The predicted octanol–water partition coefficient (Wildman–Crippen LogP) is 3.57. The van der Waals surface area contributed by atoms with Crippen LogP contribution < -0.4 is 10.6 Å². The Morgan fingerprint density at radius 1 is 1.06 bits per heavy atom. The summed E-state index contributed by atoms with van der Waals surface area (Å²) in [7, 11) is 0. The van der Waals surface area contributed by atoms with Crippen molar-refractivity contribution in [1.29, 1.82) is 0 Å². The number of nitrogens with two attached hydrogens (primary N) is 1. The Balaban J connectivity index is 3.05. The molecule has 0 saturated carbocycles. The smallest absolute Gasteiger partial charge is 0.0414 e. The zero-order valence-electron chi connectivity index (χ0n) is 12.5. The van der Waals surface area contributed by atoms with Gasteiger partial charge in [0.05, 0.1) is 0 Å². The highest BCUT2D eigenvalue weighted by molar-refractivity contribution is 5.55. The van der Waals surface area contributed by atoms with Gasteiger partial charge in [0, 0.05) is 25.3 Å². The summed E-state index contributed by atoms with van der Waals surface area (Å²) < 4.78 is 0. The molecule has 0 aromatic heterocycles. The second-order valence-corrected chi connectivity index (χ2v) is 6.03. The van der Waals surface area contributed by atoms with Gasteiger partial charge in [0.2, 0.25) is 0 Å². The van der Waals surface area contributed by atoms with Crippen molar-refractivity contribution < 1.29 is 0 Å². The summed E-state index contributed by atoms with van der Waals surface area (Å²) in [6.45, 7) is 14.0. The van der Waals surface area contributed by atoms with Crippen LogP contribution in [0.15, 0.2) is 18.2 Å². The van der Waals surface area contributed by atoms with Gasteiger partial charge in [0.1, 0.15) is 0 Å². The molecular formula is C16H28N2. The van der Waals surface area contributed by atoms with Crippen molar-refractivity contribution >= 4 is 5.69 Å². The Morgan fingerprint density at radius 2 is 1.61 bits per heavy atom. The molecule has 0 radical (unpaired) electrons. The van der Waals surface area contributed by atoms with Crippen molar-refractivity contribution in [2.45, 2.75) is 41.2 Å². The summed E-state index contributed by atoms with van der Waals surface area (Å²) in [6.07, 6.45) is 0. The number of hydrogen-bond donors (Lipinski definition) is 1. The Kier molecular flexibility index (Phi) is 5.67. The minimum Gasteiger partial charge on any atom is -0.371 e. The van der Waals surface area contributed by atoms with E-state index >= 15 is 0 Å². The molecule has 0 aliphatic rings. The van der Waals surface area contributed by atoms with Gasteiger partial charge in [-0.2, -0.15) is 0 Å². The van der Waals surface area contributed by atoms with E-state index in [-0.39, 0.29) is 0 Å². The van der Waals surface area contributed by atoms with Gasteiger partial charge in [-0.05, 0) is 36.0 Å². The molecular weight excluding hydrogens is 220 g/mol. The van der Waals surface area contributed by atoms with Crippen molar-refractivity contribution in [3.8, 4) is 0 Å². The minimum absolute atomic E-state index is 0.613. The third-order valence-electron chi connectivity index (χ3n) is 2.97. The average molecular weight is 248 g/mol. The molecule has 18 heavy (non-hydrogen) atoms. The molecule has 0 fully saturated rings. The van der Waals surface area contributed by atoms with Crippen LogP contribution >= 0.6 is 0 Å². The second-order valence-electron chi connectivity index (χ2n) is 6.03. The van der Waals surface area contributed by atoms with Crippen LogP contribution in [0.4, 0.5) is 5.69 Å². The molecule has 0 aliphatic heterocycles. The standard InChI is InChI=1S/C16H28N2/c1-12(2)10-18(11-13(3)4)16-8-14(5)6-7-15(16)9-17/h6-8,12-13H,9-11,17H2,1-5H3.